The molecule has 0 saturated carbocycles. The first-order chi connectivity index (χ1) is 16.0. The molecule has 0 atom stereocenters. The van der Waals surface area contributed by atoms with Crippen molar-refractivity contribution in [2.24, 2.45) is 10.2 Å². The molecule has 0 aliphatic rings. The Hall–Kier alpha value is -3.86. The molecular weight excluding hydrogens is 408 g/mol. The van der Waals surface area contributed by atoms with Gasteiger partial charge in [0, 0.05) is 12.4 Å². The van der Waals surface area contributed by atoms with E-state index in [1.165, 1.54) is 5.56 Å². The monoisotopic (exact) mass is 440 g/mol. The van der Waals surface area contributed by atoms with E-state index in [9.17, 15) is 0 Å². The predicted molar refractivity (Wildman–Crippen MR) is 142 cm³/mol. The molecule has 0 aliphatic heterocycles. The van der Waals surface area contributed by atoms with Crippen LogP contribution in [0.15, 0.2) is 87.4 Å². The Morgan fingerprint density at radius 1 is 0.939 bits per heavy atom. The molecule has 0 fully saturated rings. The van der Waals surface area contributed by atoms with E-state index in [1.54, 1.807) is 0 Å². The summed E-state index contributed by atoms with van der Waals surface area (Å²) in [6.45, 7) is 10.1. The van der Waals surface area contributed by atoms with Gasteiger partial charge in [-0.3, -0.25) is 10.4 Å². The van der Waals surface area contributed by atoms with Crippen LogP contribution in [-0.2, 0) is 0 Å². The third kappa shape index (κ3) is 6.10. The molecule has 0 radical (unpaired) electrons. The van der Waals surface area contributed by atoms with E-state index in [0.29, 0.717) is 0 Å². The van der Waals surface area contributed by atoms with Crippen LogP contribution < -0.4 is 10.4 Å². The van der Waals surface area contributed by atoms with Gasteiger partial charge >= 0.3 is 0 Å². The molecule has 0 bridgehead atoms. The number of nitrogens with one attached hydrogen (secondary N) is 1. The molecule has 33 heavy (non-hydrogen) atoms. The van der Waals surface area contributed by atoms with Crippen LogP contribution in [0.3, 0.4) is 0 Å². The van der Waals surface area contributed by atoms with Gasteiger partial charge in [0.1, 0.15) is 11.3 Å². The molecule has 4 aromatic rings. The molecular formula is C28H32N4O. The van der Waals surface area contributed by atoms with E-state index in [0.717, 1.165) is 44.9 Å². The molecule has 1 heterocycles. The molecule has 170 valence electrons. The largest absolute Gasteiger partial charge is 0.454 e. The van der Waals surface area contributed by atoms with Gasteiger partial charge in [0.05, 0.1) is 17.6 Å². The lowest BCUT2D eigenvalue weighted by atomic mass is 10.1. The highest BCUT2D eigenvalue weighted by Crippen LogP contribution is 2.25. The molecule has 0 amide bonds. The minimum Gasteiger partial charge on any atom is -0.454 e. The van der Waals surface area contributed by atoms with Crippen LogP contribution in [0.25, 0.3) is 11.0 Å². The van der Waals surface area contributed by atoms with Crippen molar-refractivity contribution < 1.29 is 4.42 Å². The second-order valence-corrected chi connectivity index (χ2v) is 7.65. The van der Waals surface area contributed by atoms with Gasteiger partial charge in [-0.15, -0.1) is 0 Å². The highest BCUT2D eigenvalue weighted by molar-refractivity contribution is 6.01. The van der Waals surface area contributed by atoms with Crippen LogP contribution >= 0.6 is 0 Å². The highest BCUT2D eigenvalue weighted by atomic mass is 16.3. The van der Waals surface area contributed by atoms with E-state index in [4.69, 9.17) is 9.52 Å². The lowest BCUT2D eigenvalue weighted by Crippen LogP contribution is -2.11. The number of hydrogen-bond acceptors (Lipinski definition) is 5. The van der Waals surface area contributed by atoms with Crippen LogP contribution in [0, 0.1) is 13.8 Å². The van der Waals surface area contributed by atoms with Gasteiger partial charge in [-0.1, -0.05) is 49.7 Å². The third-order valence-corrected chi connectivity index (χ3v) is 5.07. The normalized spacial score (nSPS) is 11.4. The fourth-order valence-corrected chi connectivity index (χ4v) is 3.40. The number of hydrazone groups is 2. The number of anilines is 2. The Morgan fingerprint density at radius 2 is 1.64 bits per heavy atom. The Labute approximate surface area is 196 Å². The van der Waals surface area contributed by atoms with Gasteiger partial charge in [0.25, 0.3) is 0 Å². The minimum absolute atomic E-state index is 0.758. The summed E-state index contributed by atoms with van der Waals surface area (Å²) >= 11 is 0. The maximum Gasteiger partial charge on any atom is 0.151 e. The van der Waals surface area contributed by atoms with Crippen molar-refractivity contribution in [2.45, 2.75) is 34.6 Å². The summed E-state index contributed by atoms with van der Waals surface area (Å²) in [6.07, 6.45) is 1.82. The van der Waals surface area contributed by atoms with Crippen molar-refractivity contribution in [3.8, 4) is 0 Å². The fraction of sp³-hybridized carbons (Fsp3) is 0.214. The SMILES string of the molecule is C/C(=N/N(C)c1ccc(C)cc1)c1cc2cc(/C=N\Nc3ccccc3)cc(C)c2o1.CC. The molecule has 0 unspecified atom stereocenters. The quantitative estimate of drug-likeness (QED) is 0.251. The van der Waals surface area contributed by atoms with Crippen molar-refractivity contribution in [2.75, 3.05) is 17.5 Å². The van der Waals surface area contributed by atoms with Gasteiger partial charge in [0.2, 0.25) is 0 Å². The predicted octanol–water partition coefficient (Wildman–Crippen LogP) is 7.38. The van der Waals surface area contributed by atoms with Crippen molar-refractivity contribution in [1.82, 2.24) is 0 Å². The Morgan fingerprint density at radius 3 is 2.33 bits per heavy atom. The highest BCUT2D eigenvalue weighted by Gasteiger charge is 2.11. The van der Waals surface area contributed by atoms with Crippen molar-refractivity contribution in [1.29, 1.82) is 0 Å². The maximum absolute atomic E-state index is 6.13. The van der Waals surface area contributed by atoms with Gasteiger partial charge in [-0.25, -0.2) is 0 Å². The minimum atomic E-state index is 0.758. The van der Waals surface area contributed by atoms with Crippen LogP contribution in [0.2, 0.25) is 0 Å². The first kappa shape index (κ1) is 23.8. The average Bonchev–Trinajstić information content (AvgIpc) is 3.27. The summed E-state index contributed by atoms with van der Waals surface area (Å²) in [7, 11) is 1.94. The first-order valence-electron chi connectivity index (χ1n) is 11.2. The van der Waals surface area contributed by atoms with Gasteiger partial charge < -0.3 is 4.42 Å². The smallest absolute Gasteiger partial charge is 0.151 e. The number of aryl methyl sites for hydroxylation is 2. The van der Waals surface area contributed by atoms with Crippen LogP contribution in [-0.4, -0.2) is 19.0 Å². The number of nitrogens with zero attached hydrogens (tertiary/aromatic N) is 3. The van der Waals surface area contributed by atoms with E-state index in [1.807, 2.05) is 82.4 Å². The van der Waals surface area contributed by atoms with Gasteiger partial charge in [-0.05, 0) is 74.4 Å². The zero-order valence-electron chi connectivity index (χ0n) is 20.3. The molecule has 5 nitrogen and oxygen atoms in total. The molecule has 0 saturated heterocycles. The molecule has 1 N–H and O–H groups in total. The van der Waals surface area contributed by atoms with Crippen LogP contribution in [0.1, 0.15) is 43.2 Å². The standard InChI is InChI=1S/C26H26N4O.C2H6/c1-18-10-12-24(13-11-18)30(4)29-20(3)25-16-22-15-21(14-19(2)26(22)31-25)17-27-28-23-8-6-5-7-9-23;1-2/h5-17,28H,1-4H3;1-2H3/b27-17-,29-20-;. The van der Waals surface area contributed by atoms with Crippen molar-refractivity contribution >= 4 is 34.3 Å². The summed E-state index contributed by atoms with van der Waals surface area (Å²) in [5.74, 6) is 0.758. The Kier molecular flexibility index (Phi) is 8.03. The summed E-state index contributed by atoms with van der Waals surface area (Å²) in [5, 5.41) is 11.9. The van der Waals surface area contributed by atoms with E-state index < -0.39 is 0 Å². The Balaban J connectivity index is 0.00000149. The van der Waals surface area contributed by atoms with Crippen LogP contribution in [0.5, 0.6) is 0 Å². The molecule has 1 aromatic heterocycles. The third-order valence-electron chi connectivity index (χ3n) is 5.07. The maximum atomic E-state index is 6.13. The van der Waals surface area contributed by atoms with Crippen LogP contribution in [0.4, 0.5) is 11.4 Å². The second-order valence-electron chi connectivity index (χ2n) is 7.65. The molecule has 4 rings (SSSR count). The van der Waals surface area contributed by atoms with Crippen molar-refractivity contribution in [3.05, 3.63) is 95.2 Å². The van der Waals surface area contributed by atoms with E-state index in [2.05, 4.69) is 53.8 Å². The number of furan rings is 1. The number of fused-ring (bicyclic) bond motifs is 1. The number of benzene rings is 3. The van der Waals surface area contributed by atoms with E-state index >= 15 is 0 Å². The van der Waals surface area contributed by atoms with E-state index in [-0.39, 0.29) is 0 Å². The number of rotatable bonds is 6. The lowest BCUT2D eigenvalue weighted by Gasteiger charge is -2.14. The van der Waals surface area contributed by atoms with Gasteiger partial charge in [-0.2, -0.15) is 10.2 Å². The molecule has 3 aromatic carbocycles. The number of hydrogen-bond donors (Lipinski definition) is 1. The first-order valence-corrected chi connectivity index (χ1v) is 11.2. The van der Waals surface area contributed by atoms with Crippen molar-refractivity contribution in [3.63, 3.8) is 0 Å². The molecule has 0 aliphatic carbocycles. The Bertz CT molecular complexity index is 1240. The average molecular weight is 441 g/mol. The summed E-state index contributed by atoms with van der Waals surface area (Å²) in [6, 6.07) is 24.3. The molecule has 5 heteroatoms. The summed E-state index contributed by atoms with van der Waals surface area (Å²) < 4.78 is 6.13. The summed E-state index contributed by atoms with van der Waals surface area (Å²) in [5.41, 5.74) is 10.0. The fourth-order valence-electron chi connectivity index (χ4n) is 3.40. The summed E-state index contributed by atoms with van der Waals surface area (Å²) in [4.78, 5) is 0. The van der Waals surface area contributed by atoms with Gasteiger partial charge in [0.15, 0.2) is 5.76 Å². The lowest BCUT2D eigenvalue weighted by molar-refractivity contribution is 0.601. The topological polar surface area (TPSA) is 53.1 Å². The zero-order valence-corrected chi connectivity index (χ0v) is 20.3. The zero-order chi connectivity index (χ0) is 23.8. The second kappa shape index (κ2) is 11.1. The molecule has 0 spiro atoms. The number of para-hydroxylation sites is 1.